The van der Waals surface area contributed by atoms with Gasteiger partial charge in [0.1, 0.15) is 0 Å². The van der Waals surface area contributed by atoms with Crippen molar-refractivity contribution < 1.29 is 19.0 Å². The Balaban J connectivity index is 2.18. The monoisotopic (exact) mass is 158 g/mol. The SMILES string of the molecule is CC(=O)C12OCC(CO1)CO2. The van der Waals surface area contributed by atoms with E-state index in [0.29, 0.717) is 25.7 Å². The van der Waals surface area contributed by atoms with Crippen LogP contribution in [-0.4, -0.2) is 31.6 Å². The Bertz CT molecular complexity index is 167. The normalized spacial score (nSPS) is 42.5. The topological polar surface area (TPSA) is 44.8 Å². The summed E-state index contributed by atoms with van der Waals surface area (Å²) in [7, 11) is 0. The molecular formula is C7H10O4. The number of carbonyl (C=O) groups is 1. The number of Topliss-reactive ketones (excluding diaryl/α,β-unsaturated/α-hetero) is 1. The van der Waals surface area contributed by atoms with Gasteiger partial charge in [0, 0.05) is 12.8 Å². The lowest BCUT2D eigenvalue weighted by atomic mass is 10.1. The van der Waals surface area contributed by atoms with Crippen LogP contribution in [0.3, 0.4) is 0 Å². The molecule has 0 N–H and O–H groups in total. The lowest BCUT2D eigenvalue weighted by molar-refractivity contribution is -0.420. The molecule has 0 radical (unpaired) electrons. The van der Waals surface area contributed by atoms with Crippen molar-refractivity contribution in [3.05, 3.63) is 0 Å². The molecule has 3 aliphatic heterocycles. The zero-order chi connectivity index (χ0) is 7.90. The van der Waals surface area contributed by atoms with Crippen molar-refractivity contribution in [2.45, 2.75) is 12.9 Å². The van der Waals surface area contributed by atoms with Crippen molar-refractivity contribution in [2.24, 2.45) is 5.92 Å². The summed E-state index contributed by atoms with van der Waals surface area (Å²) in [6.07, 6.45) is 0. The maximum absolute atomic E-state index is 11.0. The van der Waals surface area contributed by atoms with E-state index in [1.807, 2.05) is 0 Å². The Morgan fingerprint density at radius 1 is 1.27 bits per heavy atom. The predicted molar refractivity (Wildman–Crippen MR) is 34.8 cm³/mol. The van der Waals surface area contributed by atoms with Gasteiger partial charge >= 0.3 is 5.97 Å². The molecule has 0 saturated carbocycles. The summed E-state index contributed by atoms with van der Waals surface area (Å²) in [5, 5.41) is 0. The highest BCUT2D eigenvalue weighted by Gasteiger charge is 2.48. The number of fused-ring (bicyclic) bond motifs is 3. The summed E-state index contributed by atoms with van der Waals surface area (Å²) in [5.74, 6) is -1.26. The highest BCUT2D eigenvalue weighted by atomic mass is 16.9. The fourth-order valence-electron chi connectivity index (χ4n) is 1.26. The number of rotatable bonds is 1. The number of hydrogen-bond acceptors (Lipinski definition) is 4. The Morgan fingerprint density at radius 2 is 1.73 bits per heavy atom. The molecule has 62 valence electrons. The van der Waals surface area contributed by atoms with Crippen molar-refractivity contribution in [1.29, 1.82) is 0 Å². The lowest BCUT2D eigenvalue weighted by Crippen LogP contribution is -2.57. The molecule has 0 aliphatic carbocycles. The molecule has 3 aliphatic rings. The van der Waals surface area contributed by atoms with E-state index < -0.39 is 5.97 Å². The van der Waals surface area contributed by atoms with Crippen molar-refractivity contribution in [1.82, 2.24) is 0 Å². The summed E-state index contributed by atoms with van der Waals surface area (Å²) in [4.78, 5) is 11.0. The van der Waals surface area contributed by atoms with E-state index in [4.69, 9.17) is 14.2 Å². The van der Waals surface area contributed by atoms with E-state index in [0.717, 1.165) is 0 Å². The number of ether oxygens (including phenoxy) is 3. The van der Waals surface area contributed by atoms with Gasteiger partial charge in [-0.3, -0.25) is 4.79 Å². The van der Waals surface area contributed by atoms with Crippen molar-refractivity contribution in [3.63, 3.8) is 0 Å². The minimum Gasteiger partial charge on any atom is -0.321 e. The van der Waals surface area contributed by atoms with Crippen molar-refractivity contribution >= 4 is 5.78 Å². The molecule has 0 aromatic heterocycles. The van der Waals surface area contributed by atoms with Gasteiger partial charge in [0.2, 0.25) is 5.78 Å². The van der Waals surface area contributed by atoms with Crippen LogP contribution in [0.1, 0.15) is 6.92 Å². The van der Waals surface area contributed by atoms with Gasteiger partial charge in [-0.05, 0) is 0 Å². The zero-order valence-electron chi connectivity index (χ0n) is 6.33. The van der Waals surface area contributed by atoms with Gasteiger partial charge in [0.25, 0.3) is 0 Å². The van der Waals surface area contributed by atoms with Crippen LogP contribution < -0.4 is 0 Å². The Morgan fingerprint density at radius 3 is 2.00 bits per heavy atom. The molecule has 3 saturated heterocycles. The first-order chi connectivity index (χ1) is 5.23. The average molecular weight is 158 g/mol. The standard InChI is InChI=1S/C7H10O4/c1-5(8)7-9-2-6(3-10-7)4-11-7/h6H,2-4H2,1H3. The summed E-state index contributed by atoms with van der Waals surface area (Å²) < 4.78 is 15.4. The largest absolute Gasteiger partial charge is 0.346 e. The van der Waals surface area contributed by atoms with E-state index in [1.54, 1.807) is 0 Å². The molecule has 0 spiro atoms. The van der Waals surface area contributed by atoms with Crippen LogP contribution in [0.2, 0.25) is 0 Å². The van der Waals surface area contributed by atoms with Crippen LogP contribution in [0.15, 0.2) is 0 Å². The quantitative estimate of drug-likeness (QED) is 0.535. The van der Waals surface area contributed by atoms with Crippen LogP contribution in [-0.2, 0) is 19.0 Å². The first kappa shape index (κ1) is 7.21. The minimum atomic E-state index is -1.35. The maximum atomic E-state index is 11.0. The Labute approximate surface area is 64.4 Å². The molecule has 3 rings (SSSR count). The number of ketones is 1. The molecule has 0 amide bonds. The number of hydrogen-bond donors (Lipinski definition) is 0. The van der Waals surface area contributed by atoms with Gasteiger partial charge in [-0.15, -0.1) is 0 Å². The molecule has 11 heavy (non-hydrogen) atoms. The van der Waals surface area contributed by atoms with Crippen molar-refractivity contribution in [3.8, 4) is 0 Å². The van der Waals surface area contributed by atoms with Crippen molar-refractivity contribution in [2.75, 3.05) is 19.8 Å². The second-order valence-electron chi connectivity index (χ2n) is 2.91. The molecule has 3 fully saturated rings. The Hall–Kier alpha value is -0.450. The highest BCUT2D eigenvalue weighted by molar-refractivity contribution is 5.82. The lowest BCUT2D eigenvalue weighted by Gasteiger charge is -2.43. The molecule has 0 aromatic carbocycles. The Kier molecular flexibility index (Phi) is 1.49. The third-order valence-electron chi connectivity index (χ3n) is 1.96. The third kappa shape index (κ3) is 0.982. The smallest absolute Gasteiger partial charge is 0.321 e. The molecule has 0 aromatic rings. The molecule has 3 heterocycles. The predicted octanol–water partition coefficient (Wildman–Crippen LogP) is -0.0776. The van der Waals surface area contributed by atoms with E-state index in [1.165, 1.54) is 6.92 Å². The van der Waals surface area contributed by atoms with Gasteiger partial charge in [-0.1, -0.05) is 0 Å². The van der Waals surface area contributed by atoms with Crippen LogP contribution in [0, 0.1) is 5.92 Å². The van der Waals surface area contributed by atoms with E-state index in [2.05, 4.69) is 0 Å². The average Bonchev–Trinajstić information content (AvgIpc) is 2.08. The molecule has 4 heteroatoms. The highest BCUT2D eigenvalue weighted by Crippen LogP contribution is 2.30. The molecular weight excluding hydrogens is 148 g/mol. The van der Waals surface area contributed by atoms with Crippen LogP contribution in [0.5, 0.6) is 0 Å². The summed E-state index contributed by atoms with van der Waals surface area (Å²) in [6.45, 7) is 3.12. The second-order valence-corrected chi connectivity index (χ2v) is 2.91. The number of carbonyl (C=O) groups excluding carboxylic acids is 1. The molecule has 2 bridgehead atoms. The fourth-order valence-corrected chi connectivity index (χ4v) is 1.26. The third-order valence-corrected chi connectivity index (χ3v) is 1.96. The minimum absolute atomic E-state index is 0.212. The van der Waals surface area contributed by atoms with E-state index in [-0.39, 0.29) is 5.78 Å². The zero-order valence-corrected chi connectivity index (χ0v) is 6.33. The molecule has 4 nitrogen and oxygen atoms in total. The molecule has 0 unspecified atom stereocenters. The summed E-state index contributed by atoms with van der Waals surface area (Å²) in [6, 6.07) is 0. The summed E-state index contributed by atoms with van der Waals surface area (Å²) in [5.41, 5.74) is 0. The van der Waals surface area contributed by atoms with Crippen LogP contribution in [0.4, 0.5) is 0 Å². The van der Waals surface area contributed by atoms with Gasteiger partial charge < -0.3 is 14.2 Å². The van der Waals surface area contributed by atoms with Gasteiger partial charge in [-0.2, -0.15) is 0 Å². The van der Waals surface area contributed by atoms with Crippen LogP contribution in [0.25, 0.3) is 0 Å². The maximum Gasteiger partial charge on any atom is 0.346 e. The van der Waals surface area contributed by atoms with Gasteiger partial charge in [-0.25, -0.2) is 0 Å². The van der Waals surface area contributed by atoms with E-state index in [9.17, 15) is 4.79 Å². The summed E-state index contributed by atoms with van der Waals surface area (Å²) >= 11 is 0. The first-order valence-electron chi connectivity index (χ1n) is 3.66. The first-order valence-corrected chi connectivity index (χ1v) is 3.66. The second kappa shape index (κ2) is 2.27. The van der Waals surface area contributed by atoms with Crippen LogP contribution >= 0.6 is 0 Å². The fraction of sp³-hybridized carbons (Fsp3) is 0.857. The van der Waals surface area contributed by atoms with E-state index >= 15 is 0 Å². The van der Waals surface area contributed by atoms with Gasteiger partial charge in [0.05, 0.1) is 19.8 Å². The molecule has 0 atom stereocenters. The van der Waals surface area contributed by atoms with Gasteiger partial charge in [0.15, 0.2) is 0 Å².